The molecule has 0 radical (unpaired) electrons. The summed E-state index contributed by atoms with van der Waals surface area (Å²) < 4.78 is 5.43. The van der Waals surface area contributed by atoms with Gasteiger partial charge in [-0.2, -0.15) is 11.8 Å². The van der Waals surface area contributed by atoms with E-state index in [4.69, 9.17) is 4.74 Å². The summed E-state index contributed by atoms with van der Waals surface area (Å²) in [4.78, 5) is 13.9. The Morgan fingerprint density at radius 3 is 2.83 bits per heavy atom. The van der Waals surface area contributed by atoms with E-state index in [9.17, 15) is 4.79 Å². The predicted molar refractivity (Wildman–Crippen MR) is 77.2 cm³/mol. The van der Waals surface area contributed by atoms with Crippen LogP contribution >= 0.6 is 11.8 Å². The van der Waals surface area contributed by atoms with E-state index >= 15 is 0 Å². The lowest BCUT2D eigenvalue weighted by Gasteiger charge is -2.28. The van der Waals surface area contributed by atoms with Crippen LogP contribution in [0.15, 0.2) is 0 Å². The first-order chi connectivity index (χ1) is 8.44. The van der Waals surface area contributed by atoms with Crippen molar-refractivity contribution in [3.05, 3.63) is 0 Å². The van der Waals surface area contributed by atoms with Crippen molar-refractivity contribution in [2.75, 3.05) is 31.6 Å². The molecule has 1 N–H and O–H groups in total. The molecule has 1 heterocycles. The molecule has 1 saturated heterocycles. The van der Waals surface area contributed by atoms with Gasteiger partial charge in [0.2, 0.25) is 0 Å². The molecule has 0 aromatic heterocycles. The number of ether oxygens (including phenoxy) is 1. The molecule has 4 nitrogen and oxygen atoms in total. The highest BCUT2D eigenvalue weighted by Crippen LogP contribution is 2.20. The van der Waals surface area contributed by atoms with Gasteiger partial charge in [-0.05, 0) is 39.9 Å². The topological polar surface area (TPSA) is 41.6 Å². The molecule has 1 unspecified atom stereocenters. The van der Waals surface area contributed by atoms with Crippen LogP contribution in [0.2, 0.25) is 0 Å². The van der Waals surface area contributed by atoms with Gasteiger partial charge in [-0.1, -0.05) is 0 Å². The molecule has 0 aliphatic carbocycles. The van der Waals surface area contributed by atoms with Gasteiger partial charge >= 0.3 is 6.09 Å². The zero-order valence-electron chi connectivity index (χ0n) is 12.0. The van der Waals surface area contributed by atoms with Crippen LogP contribution in [-0.4, -0.2) is 54.3 Å². The van der Waals surface area contributed by atoms with Gasteiger partial charge in [-0.25, -0.2) is 4.79 Å². The van der Waals surface area contributed by atoms with Gasteiger partial charge in [0.15, 0.2) is 0 Å². The molecule has 106 valence electrons. The largest absolute Gasteiger partial charge is 0.444 e. The molecule has 0 bridgehead atoms. The van der Waals surface area contributed by atoms with Crippen molar-refractivity contribution in [1.82, 2.24) is 10.2 Å². The molecular weight excluding hydrogens is 248 g/mol. The fourth-order valence-corrected chi connectivity index (χ4v) is 2.40. The van der Waals surface area contributed by atoms with E-state index in [-0.39, 0.29) is 6.09 Å². The molecule has 1 fully saturated rings. The predicted octanol–water partition coefficient (Wildman–Crippen LogP) is 2.34. The van der Waals surface area contributed by atoms with Crippen LogP contribution in [-0.2, 0) is 4.74 Å². The lowest BCUT2D eigenvalue weighted by molar-refractivity contribution is 0.0227. The smallest absolute Gasteiger partial charge is 0.410 e. The summed E-state index contributed by atoms with van der Waals surface area (Å²) in [6.07, 6.45) is 4.08. The van der Waals surface area contributed by atoms with Crippen molar-refractivity contribution in [2.24, 2.45) is 0 Å². The summed E-state index contributed by atoms with van der Waals surface area (Å²) in [6, 6.07) is 0.293. The Morgan fingerprint density at radius 1 is 1.50 bits per heavy atom. The Kier molecular flexibility index (Phi) is 6.29. The maximum absolute atomic E-state index is 12.0. The molecule has 0 spiro atoms. The molecule has 5 heteroatoms. The van der Waals surface area contributed by atoms with Crippen LogP contribution in [0.25, 0.3) is 0 Å². The minimum atomic E-state index is -0.406. The Balaban J connectivity index is 2.36. The van der Waals surface area contributed by atoms with Crippen LogP contribution in [0, 0.1) is 0 Å². The second kappa shape index (κ2) is 7.24. The first-order valence-electron chi connectivity index (χ1n) is 6.63. The van der Waals surface area contributed by atoms with Crippen molar-refractivity contribution in [2.45, 2.75) is 45.3 Å². The number of amides is 1. The van der Waals surface area contributed by atoms with E-state index in [1.54, 1.807) is 0 Å². The van der Waals surface area contributed by atoms with E-state index in [2.05, 4.69) is 11.6 Å². The molecule has 18 heavy (non-hydrogen) atoms. The molecule has 1 rings (SSSR count). The SMILES string of the molecule is CSCCNCC1CCCN1C(=O)OC(C)(C)C. The quantitative estimate of drug-likeness (QED) is 0.781. The van der Waals surface area contributed by atoms with Gasteiger partial charge in [0, 0.05) is 31.4 Å². The second-order valence-corrected chi connectivity index (χ2v) is 6.65. The third-order valence-electron chi connectivity index (χ3n) is 2.87. The lowest BCUT2D eigenvalue weighted by atomic mass is 10.2. The molecule has 1 aliphatic rings. The van der Waals surface area contributed by atoms with Crippen LogP contribution < -0.4 is 5.32 Å². The monoisotopic (exact) mass is 274 g/mol. The summed E-state index contributed by atoms with van der Waals surface area (Å²) in [5, 5.41) is 3.41. The van der Waals surface area contributed by atoms with Crippen molar-refractivity contribution in [3.8, 4) is 0 Å². The van der Waals surface area contributed by atoms with Crippen molar-refractivity contribution >= 4 is 17.9 Å². The molecule has 0 saturated carbocycles. The third-order valence-corrected chi connectivity index (χ3v) is 3.48. The molecule has 1 aliphatic heterocycles. The molecule has 1 amide bonds. The Morgan fingerprint density at radius 2 is 2.22 bits per heavy atom. The van der Waals surface area contributed by atoms with Gasteiger partial charge in [0.25, 0.3) is 0 Å². The third kappa shape index (κ3) is 5.48. The summed E-state index contributed by atoms with van der Waals surface area (Å²) in [5.74, 6) is 1.11. The fraction of sp³-hybridized carbons (Fsp3) is 0.923. The van der Waals surface area contributed by atoms with Gasteiger partial charge in [-0.15, -0.1) is 0 Å². The number of nitrogens with zero attached hydrogens (tertiary/aromatic N) is 1. The number of carbonyl (C=O) groups excluding carboxylic acids is 1. The number of carbonyl (C=O) groups is 1. The zero-order valence-corrected chi connectivity index (χ0v) is 12.8. The number of nitrogens with one attached hydrogen (secondary N) is 1. The highest BCUT2D eigenvalue weighted by molar-refractivity contribution is 7.98. The Hall–Kier alpha value is -0.420. The first-order valence-corrected chi connectivity index (χ1v) is 8.02. The lowest BCUT2D eigenvalue weighted by Crippen LogP contribution is -2.44. The van der Waals surface area contributed by atoms with E-state index in [0.717, 1.165) is 38.2 Å². The molecule has 1 atom stereocenters. The summed E-state index contributed by atoms with van der Waals surface area (Å²) in [6.45, 7) is 8.43. The zero-order chi connectivity index (χ0) is 13.6. The van der Waals surface area contributed by atoms with E-state index in [1.807, 2.05) is 37.4 Å². The van der Waals surface area contributed by atoms with Crippen molar-refractivity contribution in [1.29, 1.82) is 0 Å². The fourth-order valence-electron chi connectivity index (χ4n) is 2.05. The number of rotatable bonds is 5. The first kappa shape index (κ1) is 15.6. The molecular formula is C13H26N2O2S. The van der Waals surface area contributed by atoms with Gasteiger partial charge < -0.3 is 15.0 Å². The van der Waals surface area contributed by atoms with Crippen LogP contribution in [0.4, 0.5) is 4.79 Å². The van der Waals surface area contributed by atoms with Crippen LogP contribution in [0.5, 0.6) is 0 Å². The van der Waals surface area contributed by atoms with E-state index in [0.29, 0.717) is 6.04 Å². The van der Waals surface area contributed by atoms with Gasteiger partial charge in [-0.3, -0.25) is 0 Å². The highest BCUT2D eigenvalue weighted by Gasteiger charge is 2.31. The maximum Gasteiger partial charge on any atom is 0.410 e. The van der Waals surface area contributed by atoms with Crippen molar-refractivity contribution < 1.29 is 9.53 Å². The normalized spacial score (nSPS) is 20.2. The highest BCUT2D eigenvalue weighted by atomic mass is 32.2. The molecule has 0 aromatic rings. The van der Waals surface area contributed by atoms with Crippen molar-refractivity contribution in [3.63, 3.8) is 0 Å². The van der Waals surface area contributed by atoms with E-state index in [1.165, 1.54) is 0 Å². The number of hydrogen-bond donors (Lipinski definition) is 1. The number of thioether (sulfide) groups is 1. The van der Waals surface area contributed by atoms with Crippen LogP contribution in [0.3, 0.4) is 0 Å². The Labute approximate surface area is 115 Å². The van der Waals surface area contributed by atoms with Crippen LogP contribution in [0.1, 0.15) is 33.6 Å². The van der Waals surface area contributed by atoms with Gasteiger partial charge in [0.05, 0.1) is 0 Å². The molecule has 0 aromatic carbocycles. The summed E-state index contributed by atoms with van der Waals surface area (Å²) in [7, 11) is 0. The number of likely N-dealkylation sites (tertiary alicyclic amines) is 1. The standard InChI is InChI=1S/C13H26N2O2S/c1-13(2,3)17-12(16)15-8-5-6-11(15)10-14-7-9-18-4/h11,14H,5-10H2,1-4H3. The summed E-state index contributed by atoms with van der Waals surface area (Å²) >= 11 is 1.83. The minimum absolute atomic E-state index is 0.170. The number of hydrogen-bond acceptors (Lipinski definition) is 4. The average molecular weight is 274 g/mol. The Bertz CT molecular complexity index is 266. The average Bonchev–Trinajstić information content (AvgIpc) is 2.70. The maximum atomic E-state index is 12.0. The summed E-state index contributed by atoms with van der Waals surface area (Å²) in [5.41, 5.74) is -0.406. The minimum Gasteiger partial charge on any atom is -0.444 e. The van der Waals surface area contributed by atoms with E-state index < -0.39 is 5.60 Å². The second-order valence-electron chi connectivity index (χ2n) is 5.67. The van der Waals surface area contributed by atoms with Gasteiger partial charge in [0.1, 0.15) is 5.60 Å².